The highest BCUT2D eigenvalue weighted by molar-refractivity contribution is 5.94. The lowest BCUT2D eigenvalue weighted by molar-refractivity contribution is -0.284. The van der Waals surface area contributed by atoms with Crippen molar-refractivity contribution in [2.24, 2.45) is 0 Å². The molecule has 0 saturated carbocycles. The van der Waals surface area contributed by atoms with Crippen LogP contribution in [-0.4, -0.2) is 41.7 Å². The fourth-order valence-electron chi connectivity index (χ4n) is 4.86. The predicted octanol–water partition coefficient (Wildman–Crippen LogP) is 8.58. The third-order valence-electron chi connectivity index (χ3n) is 7.23. The molecule has 0 radical (unpaired) electrons. The number of amides is 1. The Kier molecular flexibility index (Phi) is 9.89. The van der Waals surface area contributed by atoms with Crippen LogP contribution in [0.5, 0.6) is 0 Å². The summed E-state index contributed by atoms with van der Waals surface area (Å²) in [5.41, 5.74) is 1.30. The molecule has 0 aliphatic rings. The Balaban J connectivity index is 1.62. The van der Waals surface area contributed by atoms with Gasteiger partial charge in [0.25, 0.3) is 5.91 Å². The number of nitrogens with one attached hydrogen (secondary N) is 1. The Morgan fingerprint density at radius 2 is 1.49 bits per heavy atom. The Bertz CT molecular complexity index is 1630. The van der Waals surface area contributed by atoms with E-state index in [1.807, 2.05) is 0 Å². The van der Waals surface area contributed by atoms with E-state index in [2.05, 4.69) is 5.32 Å². The molecule has 4 aromatic rings. The van der Waals surface area contributed by atoms with Crippen LogP contribution in [0, 0.1) is 0 Å². The van der Waals surface area contributed by atoms with E-state index in [0.717, 1.165) is 12.1 Å². The number of alkyl halides is 8. The molecule has 1 atom stereocenters. The summed E-state index contributed by atoms with van der Waals surface area (Å²) in [6, 6.07) is 15.8. The Morgan fingerprint density at radius 3 is 2.09 bits per heavy atom. The zero-order chi connectivity index (χ0) is 33.0. The minimum atomic E-state index is -5.74. The summed E-state index contributed by atoms with van der Waals surface area (Å²) < 4.78 is 112. The zero-order valence-corrected chi connectivity index (χ0v) is 23.8. The minimum absolute atomic E-state index is 0.0123. The van der Waals surface area contributed by atoms with Crippen LogP contribution < -0.4 is 5.32 Å². The quantitative estimate of drug-likeness (QED) is 0.132. The zero-order valence-electron chi connectivity index (χ0n) is 23.8. The summed E-state index contributed by atoms with van der Waals surface area (Å²) in [5, 5.41) is 3.14. The van der Waals surface area contributed by atoms with E-state index in [9.17, 15) is 44.7 Å². The van der Waals surface area contributed by atoms with Crippen LogP contribution in [0.25, 0.3) is 22.0 Å². The summed E-state index contributed by atoms with van der Waals surface area (Å²) in [4.78, 5) is 24.0. The van der Waals surface area contributed by atoms with Gasteiger partial charge in [-0.1, -0.05) is 30.3 Å². The maximum Gasteiger partial charge on any atom is 0.453 e. The van der Waals surface area contributed by atoms with E-state index in [1.54, 1.807) is 35.8 Å². The standard InChI is InChI=1S/C32H28F8N2O3/c1-2-45-28(43)14-17-41-29(44)22-5-3-21(4-6-22)27(13-16-30(33,34)32(38,39)40)42-18-15-24-19-23(9-12-26(24)42)20-7-10-25(11-8-20)31(35,36)37/h3-12,15,18-19,27H,2,13-14,16-17H2,1H3,(H,41,44). The van der Waals surface area contributed by atoms with Crippen molar-refractivity contribution in [3.63, 3.8) is 0 Å². The number of carbonyl (C=O) groups excluding carboxylic acids is 2. The molecular weight excluding hydrogens is 612 g/mol. The summed E-state index contributed by atoms with van der Waals surface area (Å²) in [7, 11) is 0. The van der Waals surface area contributed by atoms with Crippen molar-refractivity contribution in [3.05, 3.63) is 95.7 Å². The van der Waals surface area contributed by atoms with Gasteiger partial charge in [-0.05, 0) is 72.5 Å². The lowest BCUT2D eigenvalue weighted by atomic mass is 9.97. The van der Waals surface area contributed by atoms with Gasteiger partial charge in [-0.25, -0.2) is 0 Å². The number of fused-ring (bicyclic) bond motifs is 1. The molecule has 0 aliphatic heterocycles. The second kappa shape index (κ2) is 13.3. The number of nitrogens with zero attached hydrogens (tertiary/aromatic N) is 1. The number of carbonyl (C=O) groups is 2. The topological polar surface area (TPSA) is 60.3 Å². The lowest BCUT2D eigenvalue weighted by Gasteiger charge is -2.25. The molecule has 0 bridgehead atoms. The first-order valence-corrected chi connectivity index (χ1v) is 13.9. The molecule has 1 N–H and O–H groups in total. The van der Waals surface area contributed by atoms with Gasteiger partial charge in [0.15, 0.2) is 0 Å². The van der Waals surface area contributed by atoms with Crippen molar-refractivity contribution in [2.45, 2.75) is 50.5 Å². The smallest absolute Gasteiger partial charge is 0.453 e. The molecule has 4 rings (SSSR count). The highest BCUT2D eigenvalue weighted by Crippen LogP contribution is 2.42. The monoisotopic (exact) mass is 640 g/mol. The SMILES string of the molecule is CCOC(=O)CCNC(=O)c1ccc(C(CCC(F)(F)C(F)(F)F)n2ccc3cc(-c4ccc(C(F)(F)F)cc4)ccc32)cc1. The van der Waals surface area contributed by atoms with Crippen molar-refractivity contribution in [2.75, 3.05) is 13.2 Å². The largest absolute Gasteiger partial charge is 0.466 e. The lowest BCUT2D eigenvalue weighted by Crippen LogP contribution is -2.36. The second-order valence-corrected chi connectivity index (χ2v) is 10.3. The van der Waals surface area contributed by atoms with Crippen LogP contribution in [0.3, 0.4) is 0 Å². The molecule has 1 heterocycles. The van der Waals surface area contributed by atoms with Gasteiger partial charge in [0.1, 0.15) is 0 Å². The van der Waals surface area contributed by atoms with Crippen molar-refractivity contribution in [3.8, 4) is 11.1 Å². The molecule has 0 fully saturated rings. The van der Waals surface area contributed by atoms with Crippen molar-refractivity contribution in [1.82, 2.24) is 9.88 Å². The maximum atomic E-state index is 14.0. The molecule has 240 valence electrons. The van der Waals surface area contributed by atoms with Gasteiger partial charge in [0, 0.05) is 35.6 Å². The highest BCUT2D eigenvalue weighted by atomic mass is 19.4. The summed E-state index contributed by atoms with van der Waals surface area (Å²) >= 11 is 0. The van der Waals surface area contributed by atoms with Crippen LogP contribution in [0.15, 0.2) is 79.0 Å². The van der Waals surface area contributed by atoms with Crippen molar-refractivity contribution in [1.29, 1.82) is 0 Å². The number of benzene rings is 3. The fourth-order valence-corrected chi connectivity index (χ4v) is 4.86. The van der Waals surface area contributed by atoms with Gasteiger partial charge in [-0.2, -0.15) is 35.1 Å². The summed E-state index contributed by atoms with van der Waals surface area (Å²) in [6.07, 6.45) is -10.9. The molecule has 1 amide bonds. The van der Waals surface area contributed by atoms with E-state index < -0.39 is 54.6 Å². The first-order valence-electron chi connectivity index (χ1n) is 13.9. The molecule has 1 aromatic heterocycles. The van der Waals surface area contributed by atoms with Crippen LogP contribution >= 0.6 is 0 Å². The number of aromatic nitrogens is 1. The average Bonchev–Trinajstić information content (AvgIpc) is 3.40. The molecule has 3 aromatic carbocycles. The predicted molar refractivity (Wildman–Crippen MR) is 151 cm³/mol. The van der Waals surface area contributed by atoms with Crippen molar-refractivity contribution >= 4 is 22.8 Å². The number of hydrogen-bond acceptors (Lipinski definition) is 3. The number of esters is 1. The highest BCUT2D eigenvalue weighted by Gasteiger charge is 2.56. The van der Waals surface area contributed by atoms with Gasteiger partial charge in [-0.3, -0.25) is 9.59 Å². The first kappa shape index (κ1) is 33.5. The van der Waals surface area contributed by atoms with Gasteiger partial charge in [-0.15, -0.1) is 0 Å². The van der Waals surface area contributed by atoms with Gasteiger partial charge < -0.3 is 14.6 Å². The first-order chi connectivity index (χ1) is 21.1. The van der Waals surface area contributed by atoms with Crippen LogP contribution in [0.4, 0.5) is 35.1 Å². The normalized spacial score (nSPS) is 13.1. The number of rotatable bonds is 11. The van der Waals surface area contributed by atoms with Gasteiger partial charge in [0.05, 0.1) is 24.6 Å². The van der Waals surface area contributed by atoms with E-state index in [0.29, 0.717) is 27.6 Å². The molecular formula is C32H28F8N2O3. The average molecular weight is 641 g/mol. The molecule has 0 saturated heterocycles. The fraction of sp³-hybridized carbons (Fsp3) is 0.312. The number of ether oxygens (including phenoxy) is 1. The second-order valence-electron chi connectivity index (χ2n) is 10.3. The molecule has 0 spiro atoms. The summed E-state index contributed by atoms with van der Waals surface area (Å²) in [6.45, 7) is 1.85. The van der Waals surface area contributed by atoms with E-state index in [4.69, 9.17) is 4.74 Å². The maximum absolute atomic E-state index is 14.0. The molecule has 13 heteroatoms. The molecule has 0 aliphatic carbocycles. The van der Waals surface area contributed by atoms with E-state index in [-0.39, 0.29) is 25.1 Å². The Hall–Kier alpha value is -4.42. The molecule has 45 heavy (non-hydrogen) atoms. The molecule has 5 nitrogen and oxygen atoms in total. The van der Waals surface area contributed by atoms with E-state index in [1.165, 1.54) is 42.6 Å². The Morgan fingerprint density at radius 1 is 0.844 bits per heavy atom. The van der Waals surface area contributed by atoms with Crippen LogP contribution in [-0.2, 0) is 15.7 Å². The molecule has 1 unspecified atom stereocenters. The third-order valence-corrected chi connectivity index (χ3v) is 7.23. The van der Waals surface area contributed by atoms with E-state index >= 15 is 0 Å². The van der Waals surface area contributed by atoms with Crippen LogP contribution in [0.1, 0.15) is 53.7 Å². The summed E-state index contributed by atoms with van der Waals surface area (Å²) in [5.74, 6) is -5.95. The van der Waals surface area contributed by atoms with Crippen molar-refractivity contribution < 1.29 is 49.4 Å². The van der Waals surface area contributed by atoms with Crippen LogP contribution in [0.2, 0.25) is 0 Å². The van der Waals surface area contributed by atoms with Gasteiger partial charge in [0.2, 0.25) is 0 Å². The van der Waals surface area contributed by atoms with Gasteiger partial charge >= 0.3 is 24.2 Å². The number of halogens is 8. The number of hydrogen-bond donors (Lipinski definition) is 1. The third kappa shape index (κ3) is 8.00. The minimum Gasteiger partial charge on any atom is -0.466 e. The Labute approximate surface area is 252 Å².